The molecule has 0 aliphatic rings. The van der Waals surface area contributed by atoms with Crippen molar-refractivity contribution in [3.63, 3.8) is 0 Å². The zero-order valence-corrected chi connectivity index (χ0v) is 17.0. The van der Waals surface area contributed by atoms with Crippen LogP contribution in [0.5, 0.6) is 0 Å². The normalized spacial score (nSPS) is 12.1. The molecule has 0 saturated heterocycles. The molecule has 6 nitrogen and oxygen atoms in total. The highest BCUT2D eigenvalue weighted by Gasteiger charge is 2.15. The van der Waals surface area contributed by atoms with Crippen molar-refractivity contribution in [2.45, 2.75) is 45.5 Å². The molecule has 0 atom stereocenters. The predicted octanol–water partition coefficient (Wildman–Crippen LogP) is 1.95. The zero-order chi connectivity index (χ0) is 16.6. The van der Waals surface area contributed by atoms with Crippen molar-refractivity contribution in [3.8, 4) is 0 Å². The van der Waals surface area contributed by atoms with Crippen molar-refractivity contribution in [2.75, 3.05) is 6.54 Å². The molecule has 0 spiro atoms. The molecule has 0 amide bonds. The molecule has 1 aromatic rings. The van der Waals surface area contributed by atoms with Crippen LogP contribution < -0.4 is 15.8 Å². The molecule has 0 aliphatic carbocycles. The summed E-state index contributed by atoms with van der Waals surface area (Å²) >= 11 is 0. The molecule has 132 valence electrons. The van der Waals surface area contributed by atoms with Gasteiger partial charge in [0.15, 0.2) is 5.96 Å². The summed E-state index contributed by atoms with van der Waals surface area (Å²) in [5.74, 6) is 0.318. The van der Waals surface area contributed by atoms with Crippen LogP contribution in [0.1, 0.15) is 38.3 Å². The van der Waals surface area contributed by atoms with Crippen LogP contribution in [0, 0.1) is 0 Å². The maximum atomic E-state index is 12.1. The van der Waals surface area contributed by atoms with E-state index in [4.69, 9.17) is 5.73 Å². The lowest BCUT2D eigenvalue weighted by Gasteiger charge is -2.12. The van der Waals surface area contributed by atoms with E-state index in [0.29, 0.717) is 12.5 Å². The third-order valence-corrected chi connectivity index (χ3v) is 4.38. The molecule has 0 unspecified atom stereocenters. The van der Waals surface area contributed by atoms with Gasteiger partial charge in [0.05, 0.1) is 12.3 Å². The van der Waals surface area contributed by atoms with Crippen LogP contribution >= 0.6 is 24.0 Å². The Balaban J connectivity index is 0.00000484. The molecule has 0 bridgehead atoms. The van der Waals surface area contributed by atoms with E-state index in [1.165, 1.54) is 0 Å². The van der Waals surface area contributed by atoms with Gasteiger partial charge in [0, 0.05) is 12.6 Å². The van der Waals surface area contributed by atoms with Gasteiger partial charge in [0.1, 0.15) is 0 Å². The highest BCUT2D eigenvalue weighted by Crippen LogP contribution is 2.13. The molecule has 0 radical (unpaired) electrons. The highest BCUT2D eigenvalue weighted by molar-refractivity contribution is 14.0. The zero-order valence-electron chi connectivity index (χ0n) is 13.9. The van der Waals surface area contributed by atoms with Crippen molar-refractivity contribution >= 4 is 40.0 Å². The van der Waals surface area contributed by atoms with Gasteiger partial charge in [-0.1, -0.05) is 31.2 Å². The predicted molar refractivity (Wildman–Crippen MR) is 106 cm³/mol. The first kappa shape index (κ1) is 22.1. The third-order valence-electron chi connectivity index (χ3n) is 2.86. The van der Waals surface area contributed by atoms with Crippen molar-refractivity contribution in [1.82, 2.24) is 10.0 Å². The van der Waals surface area contributed by atoms with E-state index in [2.05, 4.69) is 15.0 Å². The van der Waals surface area contributed by atoms with E-state index in [-0.39, 0.29) is 35.8 Å². The number of nitrogens with one attached hydrogen (secondary N) is 2. The maximum absolute atomic E-state index is 12.1. The van der Waals surface area contributed by atoms with Crippen LogP contribution in [0.3, 0.4) is 0 Å². The Morgan fingerprint density at radius 1 is 1.26 bits per heavy atom. The van der Waals surface area contributed by atoms with Crippen LogP contribution in [0.25, 0.3) is 0 Å². The summed E-state index contributed by atoms with van der Waals surface area (Å²) in [5.41, 5.74) is 7.36. The molecule has 23 heavy (non-hydrogen) atoms. The first-order valence-corrected chi connectivity index (χ1v) is 9.10. The summed E-state index contributed by atoms with van der Waals surface area (Å²) in [5, 5.41) is 2.99. The summed E-state index contributed by atoms with van der Waals surface area (Å²) in [6.45, 7) is 6.77. The number of hydrogen-bond donors (Lipinski definition) is 3. The van der Waals surface area contributed by atoms with E-state index >= 15 is 0 Å². The Morgan fingerprint density at radius 3 is 2.43 bits per heavy atom. The van der Waals surface area contributed by atoms with E-state index < -0.39 is 10.0 Å². The van der Waals surface area contributed by atoms with Gasteiger partial charge in [-0.05, 0) is 31.4 Å². The molecular weight excluding hydrogens is 427 g/mol. The summed E-state index contributed by atoms with van der Waals surface area (Å²) < 4.78 is 26.7. The summed E-state index contributed by atoms with van der Waals surface area (Å²) in [4.78, 5) is 4.25. The largest absolute Gasteiger partial charge is 0.370 e. The summed E-state index contributed by atoms with van der Waals surface area (Å²) in [7, 11) is -3.35. The molecule has 0 aromatic heterocycles. The Labute approximate surface area is 156 Å². The van der Waals surface area contributed by atoms with E-state index in [1.54, 1.807) is 19.9 Å². The number of nitrogens with zero attached hydrogens (tertiary/aromatic N) is 1. The number of nitrogens with two attached hydrogens (primary N) is 1. The monoisotopic (exact) mass is 454 g/mol. The summed E-state index contributed by atoms with van der Waals surface area (Å²) in [6.07, 6.45) is 0.964. The number of aliphatic imine (C=N–C) groups is 1. The fourth-order valence-corrected chi connectivity index (χ4v) is 3.43. The molecule has 0 heterocycles. The van der Waals surface area contributed by atoms with Gasteiger partial charge in [-0.3, -0.25) is 0 Å². The van der Waals surface area contributed by atoms with Gasteiger partial charge in [0.2, 0.25) is 10.0 Å². The second-order valence-electron chi connectivity index (χ2n) is 5.43. The van der Waals surface area contributed by atoms with E-state index in [1.807, 2.05) is 25.1 Å². The average Bonchev–Trinajstić information content (AvgIpc) is 2.42. The van der Waals surface area contributed by atoms with Crippen LogP contribution in [-0.2, 0) is 22.3 Å². The van der Waals surface area contributed by atoms with Gasteiger partial charge >= 0.3 is 0 Å². The molecular formula is C15H27IN4O2S. The van der Waals surface area contributed by atoms with E-state index in [0.717, 1.165) is 24.1 Å². The fraction of sp³-hybridized carbons (Fsp3) is 0.533. The molecule has 1 aromatic carbocycles. The van der Waals surface area contributed by atoms with Crippen LogP contribution in [0.15, 0.2) is 29.3 Å². The van der Waals surface area contributed by atoms with Crippen LogP contribution in [-0.4, -0.2) is 27.0 Å². The van der Waals surface area contributed by atoms with Crippen LogP contribution in [0.4, 0.5) is 0 Å². The van der Waals surface area contributed by atoms with Gasteiger partial charge in [0.25, 0.3) is 0 Å². The lowest BCUT2D eigenvalue weighted by molar-refractivity contribution is 0.569. The van der Waals surface area contributed by atoms with Gasteiger partial charge < -0.3 is 11.1 Å². The second-order valence-corrected chi connectivity index (χ2v) is 7.18. The van der Waals surface area contributed by atoms with Crippen molar-refractivity contribution in [2.24, 2.45) is 10.7 Å². The van der Waals surface area contributed by atoms with Crippen molar-refractivity contribution < 1.29 is 8.42 Å². The molecule has 4 N–H and O–H groups in total. The number of halogens is 1. The molecule has 0 saturated carbocycles. The topological polar surface area (TPSA) is 96.6 Å². The average molecular weight is 454 g/mol. The molecule has 0 aliphatic heterocycles. The minimum Gasteiger partial charge on any atom is -0.370 e. The Kier molecular flexibility index (Phi) is 10.4. The number of rotatable bonds is 8. The van der Waals surface area contributed by atoms with Gasteiger partial charge in [-0.25, -0.2) is 18.1 Å². The highest BCUT2D eigenvalue weighted by atomic mass is 127. The first-order valence-electron chi connectivity index (χ1n) is 7.44. The lowest BCUT2D eigenvalue weighted by Crippen LogP contribution is -2.32. The molecule has 8 heteroatoms. The van der Waals surface area contributed by atoms with Crippen LogP contribution in [0.2, 0.25) is 0 Å². The van der Waals surface area contributed by atoms with E-state index in [9.17, 15) is 8.42 Å². The number of sulfonamides is 1. The lowest BCUT2D eigenvalue weighted by atomic mass is 10.1. The number of benzene rings is 1. The molecule has 0 fully saturated rings. The third kappa shape index (κ3) is 9.11. The number of hydrogen-bond acceptors (Lipinski definition) is 3. The van der Waals surface area contributed by atoms with Gasteiger partial charge in [-0.15, -0.1) is 24.0 Å². The number of guanidine groups is 1. The Morgan fingerprint density at radius 2 is 1.87 bits per heavy atom. The smallest absolute Gasteiger partial charge is 0.216 e. The minimum atomic E-state index is -3.35. The minimum absolute atomic E-state index is 0. The Bertz CT molecular complexity index is 603. The second kappa shape index (κ2) is 10.8. The quantitative estimate of drug-likeness (QED) is 0.318. The molecule has 1 rings (SSSR count). The maximum Gasteiger partial charge on any atom is 0.216 e. The Hall–Kier alpha value is -0.870. The van der Waals surface area contributed by atoms with Crippen molar-refractivity contribution in [1.29, 1.82) is 0 Å². The fourth-order valence-electron chi connectivity index (χ4n) is 1.94. The van der Waals surface area contributed by atoms with Crippen molar-refractivity contribution in [3.05, 3.63) is 35.4 Å². The first-order chi connectivity index (χ1) is 10.3. The SMILES string of the molecule is CCCNC(N)=NCc1ccccc1CS(=O)(=O)NC(C)C.I. The van der Waals surface area contributed by atoms with Gasteiger partial charge in [-0.2, -0.15) is 0 Å². The standard InChI is InChI=1S/C15H26N4O2S.HI/c1-4-9-17-15(16)18-10-13-7-5-6-8-14(13)11-22(20,21)19-12(2)3;/h5-8,12,19H,4,9-11H2,1-3H3,(H3,16,17,18);1H. The summed E-state index contributed by atoms with van der Waals surface area (Å²) in [6, 6.07) is 7.25.